The number of hydrogen-bond donors (Lipinski definition) is 1. The molecule has 5 nitrogen and oxygen atoms in total. The molecule has 0 spiro atoms. The number of hydrogen-bond acceptors (Lipinski definition) is 4. The van der Waals surface area contributed by atoms with Gasteiger partial charge in [0.2, 0.25) is 5.91 Å². The molecular formula is C26H28BNO4. The smallest absolute Gasteiger partial charge is 0.336 e. The number of benzene rings is 3. The molecule has 164 valence electrons. The highest BCUT2D eigenvalue weighted by molar-refractivity contribution is 6.57. The Bertz CT molecular complexity index is 1240. The zero-order valence-corrected chi connectivity index (χ0v) is 19.5. The number of ether oxygens (including phenoxy) is 1. The molecule has 2 radical (unpaired) electrons. The van der Waals surface area contributed by atoms with E-state index in [-0.39, 0.29) is 12.3 Å². The molecule has 0 aromatic heterocycles. The normalized spacial score (nSPS) is 12.1. The largest absolute Gasteiger partial charge is 0.424 e. The van der Waals surface area contributed by atoms with Crippen LogP contribution in [0.15, 0.2) is 42.5 Å². The summed E-state index contributed by atoms with van der Waals surface area (Å²) in [7, 11) is 5.53. The second-order valence-corrected chi connectivity index (χ2v) is 9.54. The number of aryl methyl sites for hydroxylation is 1. The summed E-state index contributed by atoms with van der Waals surface area (Å²) in [4.78, 5) is 36.6. The maximum Gasteiger partial charge on any atom is 0.336 e. The Balaban J connectivity index is 2.30. The fraction of sp³-hybridized carbons (Fsp3) is 0.346. The van der Waals surface area contributed by atoms with Crippen molar-refractivity contribution in [3.8, 4) is 5.75 Å². The lowest BCUT2D eigenvalue weighted by Gasteiger charge is -2.31. The van der Waals surface area contributed by atoms with Crippen molar-refractivity contribution in [3.05, 3.63) is 53.6 Å². The molecule has 3 rings (SSSR count). The van der Waals surface area contributed by atoms with Gasteiger partial charge in [-0.15, -0.1) is 0 Å². The molecule has 1 amide bonds. The summed E-state index contributed by atoms with van der Waals surface area (Å²) < 4.78 is 6.02. The molecular weight excluding hydrogens is 401 g/mol. The molecule has 0 bridgehead atoms. The number of fused-ring (bicyclic) bond motifs is 2. The molecule has 0 atom stereocenters. The zero-order valence-electron chi connectivity index (χ0n) is 19.5. The maximum absolute atomic E-state index is 13.2. The number of rotatable bonds is 6. The topological polar surface area (TPSA) is 72.5 Å². The Morgan fingerprint density at radius 3 is 2.12 bits per heavy atom. The molecule has 0 saturated heterocycles. The lowest BCUT2D eigenvalue weighted by molar-refractivity contribution is -0.143. The van der Waals surface area contributed by atoms with E-state index in [0.717, 1.165) is 32.7 Å². The number of carbonyl (C=O) groups excluding carboxylic acids is 3. The molecule has 3 aromatic carbocycles. The summed E-state index contributed by atoms with van der Waals surface area (Å²) in [6.07, 6.45) is 0.0898. The summed E-state index contributed by atoms with van der Waals surface area (Å²) in [6, 6.07) is 14.0. The highest BCUT2D eigenvalue weighted by atomic mass is 16.5. The lowest BCUT2D eigenvalue weighted by Crippen LogP contribution is -2.51. The number of amides is 1. The van der Waals surface area contributed by atoms with E-state index in [1.807, 2.05) is 57.2 Å². The van der Waals surface area contributed by atoms with Crippen LogP contribution in [0.4, 0.5) is 0 Å². The minimum Gasteiger partial charge on any atom is -0.424 e. The van der Waals surface area contributed by atoms with E-state index in [2.05, 4.69) is 11.4 Å². The van der Waals surface area contributed by atoms with Gasteiger partial charge >= 0.3 is 5.97 Å². The van der Waals surface area contributed by atoms with Crippen molar-refractivity contribution in [1.82, 2.24) is 5.32 Å². The van der Waals surface area contributed by atoms with Crippen LogP contribution >= 0.6 is 0 Å². The summed E-state index contributed by atoms with van der Waals surface area (Å²) in [5, 5.41) is 6.38. The average molecular weight is 429 g/mol. The minimum absolute atomic E-state index is 0.0898. The molecule has 1 N–H and O–H groups in total. The Morgan fingerprint density at radius 1 is 0.969 bits per heavy atom. The van der Waals surface area contributed by atoms with Crippen LogP contribution in [-0.4, -0.2) is 30.9 Å². The van der Waals surface area contributed by atoms with Crippen molar-refractivity contribution < 1.29 is 19.1 Å². The van der Waals surface area contributed by atoms with Gasteiger partial charge in [-0.3, -0.25) is 4.79 Å². The van der Waals surface area contributed by atoms with E-state index in [1.54, 1.807) is 13.8 Å². The molecule has 6 heteroatoms. The Kier molecular flexibility index (Phi) is 6.19. The molecule has 32 heavy (non-hydrogen) atoms. The first-order chi connectivity index (χ1) is 14.8. The van der Waals surface area contributed by atoms with Gasteiger partial charge in [0.15, 0.2) is 7.85 Å². The van der Waals surface area contributed by atoms with Crippen molar-refractivity contribution in [2.24, 2.45) is 0 Å². The van der Waals surface area contributed by atoms with Gasteiger partial charge in [-0.25, -0.2) is 4.79 Å². The third kappa shape index (κ3) is 4.69. The van der Waals surface area contributed by atoms with Crippen LogP contribution in [0.2, 0.25) is 0 Å². The molecule has 0 fully saturated rings. The predicted molar refractivity (Wildman–Crippen MR) is 128 cm³/mol. The second-order valence-electron chi connectivity index (χ2n) is 9.54. The summed E-state index contributed by atoms with van der Waals surface area (Å²) in [6.45, 7) is 10.3. The number of nitrogens with one attached hydrogen (secondary N) is 1. The molecule has 0 aliphatic carbocycles. The average Bonchev–Trinajstić information content (AvgIpc) is 2.64. The van der Waals surface area contributed by atoms with Crippen LogP contribution in [-0.2, 0) is 19.8 Å². The van der Waals surface area contributed by atoms with Gasteiger partial charge in [0.25, 0.3) is 0 Å². The Morgan fingerprint density at radius 2 is 1.56 bits per heavy atom. The van der Waals surface area contributed by atoms with Crippen LogP contribution in [0.3, 0.4) is 0 Å². The maximum atomic E-state index is 13.2. The fourth-order valence-electron chi connectivity index (χ4n) is 4.38. The molecule has 0 aliphatic rings. The van der Waals surface area contributed by atoms with E-state index in [9.17, 15) is 14.4 Å². The van der Waals surface area contributed by atoms with E-state index >= 15 is 0 Å². The fourth-order valence-corrected chi connectivity index (χ4v) is 4.38. The first-order valence-electron chi connectivity index (χ1n) is 10.6. The zero-order chi connectivity index (χ0) is 23.8. The standard InChI is InChI=1S/C26H28BNO4/c1-15-11-19-12-17-9-7-8-10-18(17)13-20(19)23(22(15)25(3,4)14-21(27)30)32-24(31)26(5,6)28-16(2)29/h7-13H,14H2,1-6H3,(H,28,29). The summed E-state index contributed by atoms with van der Waals surface area (Å²) >= 11 is 0. The van der Waals surface area contributed by atoms with Crippen molar-refractivity contribution in [2.75, 3.05) is 0 Å². The SMILES string of the molecule is [B]C(=O)CC(C)(C)c1c(C)cc2cc3ccccc3cc2c1OC(=O)C(C)(C)NC(C)=O. The van der Waals surface area contributed by atoms with Crippen molar-refractivity contribution in [1.29, 1.82) is 0 Å². The summed E-state index contributed by atoms with van der Waals surface area (Å²) in [5.74, 6) is -0.536. The Labute approximate surface area is 189 Å². The van der Waals surface area contributed by atoms with E-state index in [0.29, 0.717) is 5.75 Å². The molecule has 0 saturated carbocycles. The van der Waals surface area contributed by atoms with Crippen molar-refractivity contribution in [2.45, 2.75) is 58.9 Å². The van der Waals surface area contributed by atoms with Crippen LogP contribution in [0.5, 0.6) is 5.75 Å². The van der Waals surface area contributed by atoms with Crippen LogP contribution in [0.1, 0.15) is 52.2 Å². The molecule has 0 aliphatic heterocycles. The quantitative estimate of drug-likeness (QED) is 0.271. The van der Waals surface area contributed by atoms with Gasteiger partial charge in [-0.05, 0) is 60.0 Å². The number of esters is 1. The van der Waals surface area contributed by atoms with E-state index in [4.69, 9.17) is 12.6 Å². The van der Waals surface area contributed by atoms with Crippen LogP contribution in [0, 0.1) is 6.92 Å². The van der Waals surface area contributed by atoms with Gasteiger partial charge in [0, 0.05) is 24.3 Å². The van der Waals surface area contributed by atoms with Gasteiger partial charge < -0.3 is 14.8 Å². The van der Waals surface area contributed by atoms with E-state index in [1.165, 1.54) is 6.92 Å². The minimum atomic E-state index is -1.23. The predicted octanol–water partition coefficient (Wildman–Crippen LogP) is 4.48. The van der Waals surface area contributed by atoms with Crippen LogP contribution in [0.25, 0.3) is 21.5 Å². The van der Waals surface area contributed by atoms with Gasteiger partial charge in [-0.1, -0.05) is 44.2 Å². The van der Waals surface area contributed by atoms with Gasteiger partial charge in [0.1, 0.15) is 11.3 Å². The Hall–Kier alpha value is -3.15. The third-order valence-corrected chi connectivity index (χ3v) is 5.64. The monoisotopic (exact) mass is 429 g/mol. The number of carbonyl (C=O) groups is 3. The van der Waals surface area contributed by atoms with Crippen LogP contribution < -0.4 is 10.1 Å². The van der Waals surface area contributed by atoms with Crippen molar-refractivity contribution in [3.63, 3.8) is 0 Å². The highest BCUT2D eigenvalue weighted by Crippen LogP contribution is 2.43. The molecule has 0 unspecified atom stereocenters. The first-order valence-corrected chi connectivity index (χ1v) is 10.6. The first kappa shape index (κ1) is 23.5. The van der Waals surface area contributed by atoms with E-state index < -0.39 is 22.6 Å². The second kappa shape index (κ2) is 8.42. The molecule has 3 aromatic rings. The van der Waals surface area contributed by atoms with Gasteiger partial charge in [-0.2, -0.15) is 0 Å². The highest BCUT2D eigenvalue weighted by Gasteiger charge is 2.35. The molecule has 0 heterocycles. The van der Waals surface area contributed by atoms with Crippen molar-refractivity contribution >= 4 is 47.0 Å². The lowest BCUT2D eigenvalue weighted by atomic mass is 9.73. The summed E-state index contributed by atoms with van der Waals surface area (Å²) in [5.41, 5.74) is -0.720. The van der Waals surface area contributed by atoms with Gasteiger partial charge in [0.05, 0.1) is 5.68 Å². The third-order valence-electron chi connectivity index (χ3n) is 5.64.